The second-order valence-electron chi connectivity index (χ2n) is 9.75. The molecule has 4 heterocycles. The van der Waals surface area contributed by atoms with E-state index in [-0.39, 0.29) is 11.3 Å². The standard InChI is InChI=1S/C22H30ClN7O3Si/c1-15-13-28(7-8-29(15)22(31)32)18-6-5-16(11-24-18)19-20-17(12-25-21(23)26-20)30(27-19)14-33-9-10-34(2,3)4/h5-6,11-12,15H,7-10,13-14H2,1-4H3,(H,31,32)/t15-/m1/s1. The number of nitrogens with zero attached hydrogens (tertiary/aromatic N) is 7. The summed E-state index contributed by atoms with van der Waals surface area (Å²) in [6.45, 7) is 11.5. The van der Waals surface area contributed by atoms with E-state index in [1.165, 1.54) is 4.90 Å². The van der Waals surface area contributed by atoms with Gasteiger partial charge < -0.3 is 19.6 Å². The Morgan fingerprint density at radius 3 is 2.68 bits per heavy atom. The third-order valence-corrected chi connectivity index (χ3v) is 7.78. The first kappa shape index (κ1) is 24.4. The lowest BCUT2D eigenvalue weighted by atomic mass is 10.1. The van der Waals surface area contributed by atoms with Crippen LogP contribution in [0.25, 0.3) is 22.3 Å². The quantitative estimate of drug-likeness (QED) is 0.292. The minimum absolute atomic E-state index is 0.104. The van der Waals surface area contributed by atoms with Crippen LogP contribution in [0, 0.1) is 0 Å². The summed E-state index contributed by atoms with van der Waals surface area (Å²) in [5, 5.41) is 14.2. The maximum absolute atomic E-state index is 11.3. The molecule has 0 aliphatic carbocycles. The predicted molar refractivity (Wildman–Crippen MR) is 134 cm³/mol. The van der Waals surface area contributed by atoms with E-state index in [1.807, 2.05) is 19.1 Å². The van der Waals surface area contributed by atoms with Gasteiger partial charge >= 0.3 is 6.09 Å². The number of pyridine rings is 1. The van der Waals surface area contributed by atoms with Gasteiger partial charge in [-0.2, -0.15) is 5.10 Å². The zero-order valence-corrected chi connectivity index (χ0v) is 21.7. The van der Waals surface area contributed by atoms with Gasteiger partial charge in [0.1, 0.15) is 29.3 Å². The van der Waals surface area contributed by atoms with Crippen molar-refractivity contribution >= 4 is 42.6 Å². The van der Waals surface area contributed by atoms with Gasteiger partial charge in [0.15, 0.2) is 0 Å². The molecule has 182 valence electrons. The highest BCUT2D eigenvalue weighted by Crippen LogP contribution is 2.28. The monoisotopic (exact) mass is 503 g/mol. The third-order valence-electron chi connectivity index (χ3n) is 5.89. The Labute approximate surface area is 204 Å². The van der Waals surface area contributed by atoms with Crippen molar-refractivity contribution in [2.75, 3.05) is 31.1 Å². The van der Waals surface area contributed by atoms with Crippen LogP contribution in [-0.4, -0.2) is 81.2 Å². The summed E-state index contributed by atoms with van der Waals surface area (Å²) in [7, 11) is -1.18. The molecule has 0 bridgehead atoms. The molecule has 3 aromatic rings. The van der Waals surface area contributed by atoms with Crippen molar-refractivity contribution in [1.82, 2.24) is 29.6 Å². The Hall–Kier alpha value is -2.76. The second-order valence-corrected chi connectivity index (χ2v) is 15.7. The number of aromatic nitrogens is 5. The van der Waals surface area contributed by atoms with Gasteiger partial charge in [0.25, 0.3) is 0 Å². The number of fused-ring (bicyclic) bond motifs is 1. The van der Waals surface area contributed by atoms with Crippen molar-refractivity contribution in [3.63, 3.8) is 0 Å². The lowest BCUT2D eigenvalue weighted by Crippen LogP contribution is -2.53. The molecule has 1 aliphatic heterocycles. The number of hydrogen-bond donors (Lipinski definition) is 1. The van der Waals surface area contributed by atoms with Gasteiger partial charge in [0.2, 0.25) is 5.28 Å². The first-order chi connectivity index (χ1) is 16.1. The predicted octanol–water partition coefficient (Wildman–Crippen LogP) is 4.04. The molecule has 0 spiro atoms. The normalized spacial score (nSPS) is 16.9. The van der Waals surface area contributed by atoms with Crippen LogP contribution in [-0.2, 0) is 11.5 Å². The van der Waals surface area contributed by atoms with Gasteiger partial charge in [-0.1, -0.05) is 19.6 Å². The molecule has 10 nitrogen and oxygen atoms in total. The number of amides is 1. The maximum Gasteiger partial charge on any atom is 0.407 e. The van der Waals surface area contributed by atoms with Gasteiger partial charge in [0, 0.05) is 52.1 Å². The first-order valence-corrected chi connectivity index (χ1v) is 15.4. The smallest absolute Gasteiger partial charge is 0.407 e. The van der Waals surface area contributed by atoms with E-state index in [0.29, 0.717) is 44.2 Å². The topological polar surface area (TPSA) is 110 Å². The van der Waals surface area contributed by atoms with Gasteiger partial charge in [-0.25, -0.2) is 24.4 Å². The Morgan fingerprint density at radius 2 is 2.03 bits per heavy atom. The van der Waals surface area contributed by atoms with E-state index in [4.69, 9.17) is 21.4 Å². The van der Waals surface area contributed by atoms with Crippen molar-refractivity contribution in [2.45, 2.75) is 45.4 Å². The molecule has 0 aromatic carbocycles. The summed E-state index contributed by atoms with van der Waals surface area (Å²) >= 11 is 6.08. The molecular weight excluding hydrogens is 474 g/mol. The Kier molecular flexibility index (Phi) is 7.06. The number of piperazine rings is 1. The van der Waals surface area contributed by atoms with Gasteiger partial charge in [-0.3, -0.25) is 0 Å². The van der Waals surface area contributed by atoms with Crippen molar-refractivity contribution in [1.29, 1.82) is 0 Å². The first-order valence-electron chi connectivity index (χ1n) is 11.3. The second kappa shape index (κ2) is 9.85. The summed E-state index contributed by atoms with van der Waals surface area (Å²) in [6.07, 6.45) is 2.54. The van der Waals surface area contributed by atoms with Gasteiger partial charge in [-0.15, -0.1) is 0 Å². The van der Waals surface area contributed by atoms with Crippen LogP contribution in [0.3, 0.4) is 0 Å². The van der Waals surface area contributed by atoms with E-state index < -0.39 is 14.2 Å². The molecule has 0 saturated carbocycles. The van der Waals surface area contributed by atoms with Crippen LogP contribution < -0.4 is 4.90 Å². The van der Waals surface area contributed by atoms with Crippen LogP contribution >= 0.6 is 11.6 Å². The minimum Gasteiger partial charge on any atom is -0.465 e. The fourth-order valence-electron chi connectivity index (χ4n) is 3.92. The molecule has 34 heavy (non-hydrogen) atoms. The van der Waals surface area contributed by atoms with Crippen molar-refractivity contribution in [3.8, 4) is 11.3 Å². The van der Waals surface area contributed by atoms with Crippen molar-refractivity contribution < 1.29 is 14.6 Å². The number of carbonyl (C=O) groups is 1. The summed E-state index contributed by atoms with van der Waals surface area (Å²) in [4.78, 5) is 28.0. The Balaban J connectivity index is 1.54. The number of halogens is 1. The van der Waals surface area contributed by atoms with Gasteiger partial charge in [0.05, 0.1) is 6.20 Å². The Morgan fingerprint density at radius 1 is 1.24 bits per heavy atom. The largest absolute Gasteiger partial charge is 0.465 e. The van der Waals surface area contributed by atoms with Crippen LogP contribution in [0.4, 0.5) is 10.6 Å². The summed E-state index contributed by atoms with van der Waals surface area (Å²) in [5.41, 5.74) is 2.86. The highest BCUT2D eigenvalue weighted by Gasteiger charge is 2.27. The number of hydrogen-bond acceptors (Lipinski definition) is 7. The molecular formula is C22H30ClN7O3Si. The SMILES string of the molecule is C[C@@H]1CN(c2ccc(-c3nn(COCC[Si](C)(C)C)c4cnc(Cl)nc34)cn2)CCN1C(=O)O. The molecule has 0 unspecified atom stereocenters. The van der Waals surface area contributed by atoms with E-state index in [1.54, 1.807) is 17.1 Å². The average molecular weight is 504 g/mol. The van der Waals surface area contributed by atoms with Crippen LogP contribution in [0.2, 0.25) is 31.0 Å². The fraction of sp³-hybridized carbons (Fsp3) is 0.500. The van der Waals surface area contributed by atoms with Crippen LogP contribution in [0.5, 0.6) is 0 Å². The Bertz CT molecular complexity index is 1170. The zero-order valence-electron chi connectivity index (χ0n) is 19.9. The number of rotatable bonds is 7. The molecule has 1 saturated heterocycles. The molecule has 3 aromatic heterocycles. The van der Waals surface area contributed by atoms with Crippen LogP contribution in [0.1, 0.15) is 6.92 Å². The highest BCUT2D eigenvalue weighted by atomic mass is 35.5. The molecule has 1 atom stereocenters. The van der Waals surface area contributed by atoms with E-state index >= 15 is 0 Å². The maximum atomic E-state index is 11.3. The number of anilines is 1. The van der Waals surface area contributed by atoms with Gasteiger partial charge in [-0.05, 0) is 36.7 Å². The lowest BCUT2D eigenvalue weighted by Gasteiger charge is -2.38. The summed E-state index contributed by atoms with van der Waals surface area (Å²) < 4.78 is 7.65. The molecule has 1 N–H and O–H groups in total. The van der Waals surface area contributed by atoms with E-state index in [9.17, 15) is 9.90 Å². The lowest BCUT2D eigenvalue weighted by molar-refractivity contribution is 0.0818. The summed E-state index contributed by atoms with van der Waals surface area (Å²) in [6, 6.07) is 4.85. The van der Waals surface area contributed by atoms with E-state index in [2.05, 4.69) is 39.5 Å². The number of carboxylic acid groups (broad SMARTS) is 1. The van der Waals surface area contributed by atoms with Crippen LogP contribution in [0.15, 0.2) is 24.5 Å². The number of ether oxygens (including phenoxy) is 1. The molecule has 1 fully saturated rings. The van der Waals surface area contributed by atoms with E-state index in [0.717, 1.165) is 22.9 Å². The van der Waals surface area contributed by atoms with Crippen molar-refractivity contribution in [3.05, 3.63) is 29.8 Å². The third kappa shape index (κ3) is 5.48. The fourth-order valence-corrected chi connectivity index (χ4v) is 4.81. The van der Waals surface area contributed by atoms with Crippen molar-refractivity contribution in [2.24, 2.45) is 0 Å². The minimum atomic E-state index is -1.18. The molecule has 12 heteroatoms. The molecule has 4 rings (SSSR count). The average Bonchev–Trinajstić information content (AvgIpc) is 3.13. The molecule has 1 aliphatic rings. The highest BCUT2D eigenvalue weighted by molar-refractivity contribution is 6.76. The molecule has 0 radical (unpaired) electrons. The summed E-state index contributed by atoms with van der Waals surface area (Å²) in [5.74, 6) is 0.798. The molecule has 1 amide bonds. The zero-order chi connectivity index (χ0) is 24.5.